The topological polar surface area (TPSA) is 150 Å². The molecule has 0 aromatic carbocycles. The molecule has 2 rings (SSSR count). The van der Waals surface area contributed by atoms with Gasteiger partial charge in [0.2, 0.25) is 5.91 Å². The minimum atomic E-state index is -0.852. The molecule has 1 aromatic rings. The Balaban J connectivity index is 2.67. The van der Waals surface area contributed by atoms with E-state index in [1.165, 1.54) is 14.2 Å². The van der Waals surface area contributed by atoms with Gasteiger partial charge in [-0.25, -0.2) is 4.79 Å². The van der Waals surface area contributed by atoms with E-state index in [9.17, 15) is 19.2 Å². The minimum Gasteiger partial charge on any atom is -0.469 e. The molecule has 0 aliphatic carbocycles. The summed E-state index contributed by atoms with van der Waals surface area (Å²) in [5.41, 5.74) is 7.64. The van der Waals surface area contributed by atoms with Crippen molar-refractivity contribution < 1.29 is 33.4 Å². The highest BCUT2D eigenvalue weighted by atomic mass is 16.6. The van der Waals surface area contributed by atoms with Gasteiger partial charge < -0.3 is 30.2 Å². The number of methoxy groups -OCH3 is 2. The van der Waals surface area contributed by atoms with Crippen molar-refractivity contribution in [1.82, 2.24) is 10.3 Å². The molecule has 2 heterocycles. The quantitative estimate of drug-likeness (QED) is 0.381. The van der Waals surface area contributed by atoms with E-state index in [1.807, 2.05) is 0 Å². The highest BCUT2D eigenvalue weighted by Gasteiger charge is 2.43. The van der Waals surface area contributed by atoms with Gasteiger partial charge in [-0.1, -0.05) is 6.92 Å². The maximum atomic E-state index is 13.0. The van der Waals surface area contributed by atoms with Gasteiger partial charge in [-0.2, -0.15) is 0 Å². The number of hydrogen-bond acceptors (Lipinski definition) is 8. The van der Waals surface area contributed by atoms with E-state index in [0.717, 1.165) is 0 Å². The molecule has 1 fully saturated rings. The largest absolute Gasteiger partial charge is 0.469 e. The summed E-state index contributed by atoms with van der Waals surface area (Å²) in [6.07, 6.45) is 0.377. The molecule has 188 valence electrons. The molecule has 10 heteroatoms. The lowest BCUT2D eigenvalue weighted by atomic mass is 9.80. The Bertz CT molecular complexity index is 1020. The monoisotopic (exact) mass is 477 g/mol. The maximum absolute atomic E-state index is 13.0. The maximum Gasteiger partial charge on any atom is 0.355 e. The van der Waals surface area contributed by atoms with Crippen LogP contribution in [0, 0.1) is 12.3 Å². The standard InChI is InChI=1S/C24H35N3O7/c1-13-14(8-9-17(29)32-6)20(22(31)34-23(2,3)4)27-19(13)15(12-25)21-24(5,10-16(28)26-21)11-18(30)33-7/h27H,8-12,25H2,1-7H3,(H,26,28)/b21-15-/t24-/m1/s1. The molecule has 0 saturated carbocycles. The highest BCUT2D eigenvalue weighted by molar-refractivity contribution is 5.93. The first-order valence-corrected chi connectivity index (χ1v) is 11.1. The Kier molecular flexibility index (Phi) is 8.31. The van der Waals surface area contributed by atoms with Crippen molar-refractivity contribution in [3.63, 3.8) is 0 Å². The van der Waals surface area contributed by atoms with Gasteiger partial charge in [-0.15, -0.1) is 0 Å². The lowest BCUT2D eigenvalue weighted by molar-refractivity contribution is -0.143. The summed E-state index contributed by atoms with van der Waals surface area (Å²) < 4.78 is 15.1. The molecular formula is C24H35N3O7. The van der Waals surface area contributed by atoms with Crippen molar-refractivity contribution in [2.24, 2.45) is 11.1 Å². The van der Waals surface area contributed by atoms with E-state index in [2.05, 4.69) is 10.3 Å². The average molecular weight is 478 g/mol. The zero-order valence-electron chi connectivity index (χ0n) is 21.0. The van der Waals surface area contributed by atoms with E-state index in [1.54, 1.807) is 34.6 Å². The van der Waals surface area contributed by atoms with Gasteiger partial charge in [0.1, 0.15) is 11.3 Å². The summed E-state index contributed by atoms with van der Waals surface area (Å²) in [7, 11) is 2.59. The molecule has 1 saturated heterocycles. The molecule has 1 amide bonds. The summed E-state index contributed by atoms with van der Waals surface area (Å²) in [6, 6.07) is 0. The number of aromatic nitrogens is 1. The van der Waals surface area contributed by atoms with Crippen molar-refractivity contribution in [2.75, 3.05) is 20.8 Å². The molecule has 10 nitrogen and oxygen atoms in total. The number of allylic oxidation sites excluding steroid dienone is 1. The fourth-order valence-electron chi connectivity index (χ4n) is 4.17. The Hall–Kier alpha value is -3.14. The number of nitrogens with two attached hydrogens (primary N) is 1. The summed E-state index contributed by atoms with van der Waals surface area (Å²) in [6.45, 7) is 8.90. The molecule has 0 bridgehead atoms. The van der Waals surface area contributed by atoms with Crippen molar-refractivity contribution in [1.29, 1.82) is 0 Å². The number of aromatic amines is 1. The fourth-order valence-corrected chi connectivity index (χ4v) is 4.17. The van der Waals surface area contributed by atoms with Crippen LogP contribution >= 0.6 is 0 Å². The normalized spacial score (nSPS) is 19.5. The van der Waals surface area contributed by atoms with Crippen LogP contribution in [-0.2, 0) is 35.0 Å². The number of nitrogens with one attached hydrogen (secondary N) is 2. The van der Waals surface area contributed by atoms with Crippen LogP contribution in [0.15, 0.2) is 5.70 Å². The number of esters is 3. The van der Waals surface area contributed by atoms with Gasteiger partial charge in [0.15, 0.2) is 0 Å². The van der Waals surface area contributed by atoms with Crippen LogP contribution in [0.5, 0.6) is 0 Å². The van der Waals surface area contributed by atoms with Crippen LogP contribution in [0.4, 0.5) is 0 Å². The van der Waals surface area contributed by atoms with Crippen LogP contribution in [0.3, 0.4) is 0 Å². The number of carbonyl (C=O) groups excluding carboxylic acids is 4. The summed E-state index contributed by atoms with van der Waals surface area (Å²) in [5, 5.41) is 2.85. The fraction of sp³-hybridized carbons (Fsp3) is 0.583. The van der Waals surface area contributed by atoms with Gasteiger partial charge >= 0.3 is 17.9 Å². The van der Waals surface area contributed by atoms with Gasteiger partial charge in [-0.3, -0.25) is 14.4 Å². The number of rotatable bonds is 8. The van der Waals surface area contributed by atoms with E-state index in [0.29, 0.717) is 28.1 Å². The summed E-state index contributed by atoms with van der Waals surface area (Å²) in [4.78, 5) is 52.4. The zero-order chi connectivity index (χ0) is 25.8. The molecule has 0 radical (unpaired) electrons. The van der Waals surface area contributed by atoms with Gasteiger partial charge in [0.25, 0.3) is 0 Å². The molecule has 4 N–H and O–H groups in total. The Morgan fingerprint density at radius 2 is 1.71 bits per heavy atom. The Morgan fingerprint density at radius 1 is 1.09 bits per heavy atom. The predicted molar refractivity (Wildman–Crippen MR) is 125 cm³/mol. The molecule has 1 aliphatic heterocycles. The van der Waals surface area contributed by atoms with Gasteiger partial charge in [0, 0.05) is 41.8 Å². The second kappa shape index (κ2) is 10.4. The van der Waals surface area contributed by atoms with Crippen molar-refractivity contribution in [3.8, 4) is 0 Å². The first-order valence-electron chi connectivity index (χ1n) is 11.1. The third kappa shape index (κ3) is 6.05. The van der Waals surface area contributed by atoms with E-state index >= 15 is 0 Å². The molecule has 1 atom stereocenters. The smallest absolute Gasteiger partial charge is 0.355 e. The third-order valence-corrected chi connectivity index (χ3v) is 5.78. The van der Waals surface area contributed by atoms with Crippen molar-refractivity contribution in [3.05, 3.63) is 28.2 Å². The predicted octanol–water partition coefficient (Wildman–Crippen LogP) is 2.14. The average Bonchev–Trinajstić information content (AvgIpc) is 3.21. The zero-order valence-corrected chi connectivity index (χ0v) is 21.0. The second-order valence-electron chi connectivity index (χ2n) is 9.65. The number of H-pyrrole nitrogens is 1. The number of hydrogen-bond donors (Lipinski definition) is 3. The second-order valence-corrected chi connectivity index (χ2v) is 9.65. The Labute approximate surface area is 199 Å². The van der Waals surface area contributed by atoms with Crippen LogP contribution in [0.2, 0.25) is 0 Å². The first-order chi connectivity index (χ1) is 15.8. The summed E-state index contributed by atoms with van der Waals surface area (Å²) in [5.74, 6) is -1.68. The number of ether oxygens (including phenoxy) is 3. The minimum absolute atomic E-state index is 0.0189. The molecule has 34 heavy (non-hydrogen) atoms. The SMILES string of the molecule is COC(=O)CCc1c(C(=O)OC(C)(C)C)[nH]c(/C(CN)=C2\NC(=O)C[C@]2(C)CC(=O)OC)c1C. The van der Waals surface area contributed by atoms with Crippen LogP contribution < -0.4 is 11.1 Å². The van der Waals surface area contributed by atoms with Crippen LogP contribution in [0.1, 0.15) is 74.3 Å². The van der Waals surface area contributed by atoms with Crippen LogP contribution in [0.25, 0.3) is 5.57 Å². The highest BCUT2D eigenvalue weighted by Crippen LogP contribution is 2.42. The molecule has 0 unspecified atom stereocenters. The van der Waals surface area contributed by atoms with Crippen molar-refractivity contribution >= 4 is 29.4 Å². The van der Waals surface area contributed by atoms with Gasteiger partial charge in [0.05, 0.1) is 20.6 Å². The number of carbonyl (C=O) groups is 4. The van der Waals surface area contributed by atoms with E-state index < -0.39 is 28.9 Å². The first kappa shape index (κ1) is 27.1. The van der Waals surface area contributed by atoms with Crippen molar-refractivity contribution in [2.45, 2.75) is 65.9 Å². The Morgan fingerprint density at radius 3 is 2.24 bits per heavy atom. The molecule has 1 aromatic heterocycles. The lowest BCUT2D eigenvalue weighted by Crippen LogP contribution is -2.26. The third-order valence-electron chi connectivity index (χ3n) is 5.78. The van der Waals surface area contributed by atoms with E-state index in [-0.39, 0.29) is 43.8 Å². The molecular weight excluding hydrogens is 442 g/mol. The van der Waals surface area contributed by atoms with Gasteiger partial charge in [-0.05, 0) is 45.2 Å². The molecule has 1 aliphatic rings. The van der Waals surface area contributed by atoms with Crippen LogP contribution in [-0.4, -0.2) is 55.2 Å². The lowest BCUT2D eigenvalue weighted by Gasteiger charge is -2.25. The summed E-state index contributed by atoms with van der Waals surface area (Å²) >= 11 is 0. The number of amides is 1. The van der Waals surface area contributed by atoms with E-state index in [4.69, 9.17) is 19.9 Å². The molecule has 0 spiro atoms.